The lowest BCUT2D eigenvalue weighted by Gasteiger charge is -2.44. The number of ether oxygens (including phenoxy) is 2. The SMILES string of the molecule is CC12CN(CCO1)CCO2. The van der Waals surface area contributed by atoms with Gasteiger partial charge in [0.2, 0.25) is 0 Å². The molecule has 10 heavy (non-hydrogen) atoms. The van der Waals surface area contributed by atoms with Crippen molar-refractivity contribution in [2.24, 2.45) is 0 Å². The molecular formula is C7H13NO2. The maximum Gasteiger partial charge on any atom is 0.178 e. The Balaban J connectivity index is 2.07. The molecule has 2 heterocycles. The van der Waals surface area contributed by atoms with Gasteiger partial charge in [0.15, 0.2) is 5.79 Å². The Bertz CT molecular complexity index is 128. The zero-order valence-corrected chi connectivity index (χ0v) is 6.30. The summed E-state index contributed by atoms with van der Waals surface area (Å²) in [7, 11) is 0. The molecular weight excluding hydrogens is 130 g/mol. The van der Waals surface area contributed by atoms with Crippen LogP contribution >= 0.6 is 0 Å². The van der Waals surface area contributed by atoms with E-state index in [1.165, 1.54) is 0 Å². The number of fused-ring (bicyclic) bond motifs is 2. The standard InChI is InChI=1S/C7H13NO2/c1-7-6-8(2-4-9-7)3-5-10-7/h2-6H2,1H3. The van der Waals surface area contributed by atoms with Gasteiger partial charge in [0, 0.05) is 13.1 Å². The summed E-state index contributed by atoms with van der Waals surface area (Å²) in [4.78, 5) is 2.38. The second-order valence-corrected chi connectivity index (χ2v) is 3.11. The van der Waals surface area contributed by atoms with Crippen molar-refractivity contribution in [3.63, 3.8) is 0 Å². The molecule has 0 aromatic carbocycles. The second kappa shape index (κ2) is 2.19. The Hall–Kier alpha value is -0.120. The van der Waals surface area contributed by atoms with Crippen molar-refractivity contribution in [3.8, 4) is 0 Å². The topological polar surface area (TPSA) is 21.7 Å². The van der Waals surface area contributed by atoms with E-state index in [1.54, 1.807) is 0 Å². The fraction of sp³-hybridized carbons (Fsp3) is 1.00. The van der Waals surface area contributed by atoms with E-state index in [1.807, 2.05) is 6.92 Å². The Morgan fingerprint density at radius 1 is 1.20 bits per heavy atom. The summed E-state index contributed by atoms with van der Waals surface area (Å²) in [6.45, 7) is 6.72. The van der Waals surface area contributed by atoms with Gasteiger partial charge in [-0.15, -0.1) is 0 Å². The molecule has 2 bridgehead atoms. The van der Waals surface area contributed by atoms with Crippen LogP contribution in [0.25, 0.3) is 0 Å². The van der Waals surface area contributed by atoms with Crippen LogP contribution in [-0.2, 0) is 9.47 Å². The minimum atomic E-state index is -0.295. The molecule has 3 heteroatoms. The highest BCUT2D eigenvalue weighted by Crippen LogP contribution is 2.22. The van der Waals surface area contributed by atoms with Gasteiger partial charge in [0.25, 0.3) is 0 Å². The molecule has 2 fully saturated rings. The van der Waals surface area contributed by atoms with Gasteiger partial charge in [-0.3, -0.25) is 4.90 Å². The average molecular weight is 143 g/mol. The number of morpholine rings is 2. The summed E-state index contributed by atoms with van der Waals surface area (Å²) in [6, 6.07) is 0. The molecule has 0 amide bonds. The lowest BCUT2D eigenvalue weighted by atomic mass is 10.2. The van der Waals surface area contributed by atoms with Gasteiger partial charge in [-0.25, -0.2) is 0 Å². The van der Waals surface area contributed by atoms with Crippen LogP contribution in [0.3, 0.4) is 0 Å². The summed E-state index contributed by atoms with van der Waals surface area (Å²) >= 11 is 0. The molecule has 0 aromatic heterocycles. The number of hydrogen-bond acceptors (Lipinski definition) is 3. The van der Waals surface area contributed by atoms with Crippen LogP contribution in [0.5, 0.6) is 0 Å². The molecule has 0 saturated carbocycles. The molecule has 2 aliphatic heterocycles. The van der Waals surface area contributed by atoms with Gasteiger partial charge in [-0.2, -0.15) is 0 Å². The molecule has 0 spiro atoms. The predicted octanol–water partition coefficient (Wildman–Crippen LogP) is 0.0650. The zero-order valence-electron chi connectivity index (χ0n) is 6.30. The van der Waals surface area contributed by atoms with Crippen molar-refractivity contribution in [3.05, 3.63) is 0 Å². The van der Waals surface area contributed by atoms with Crippen LogP contribution < -0.4 is 0 Å². The smallest absolute Gasteiger partial charge is 0.178 e. The minimum absolute atomic E-state index is 0.295. The van der Waals surface area contributed by atoms with Gasteiger partial charge in [0.05, 0.1) is 19.8 Å². The first-order chi connectivity index (χ1) is 4.79. The van der Waals surface area contributed by atoms with Crippen molar-refractivity contribution in [1.82, 2.24) is 4.90 Å². The summed E-state index contributed by atoms with van der Waals surface area (Å²) in [5.41, 5.74) is 0. The first-order valence-corrected chi connectivity index (χ1v) is 3.79. The number of rotatable bonds is 0. The number of hydrogen-bond donors (Lipinski definition) is 0. The van der Waals surface area contributed by atoms with Gasteiger partial charge in [-0.05, 0) is 6.92 Å². The largest absolute Gasteiger partial charge is 0.348 e. The van der Waals surface area contributed by atoms with Crippen LogP contribution in [0.15, 0.2) is 0 Å². The summed E-state index contributed by atoms with van der Waals surface area (Å²) < 4.78 is 10.9. The van der Waals surface area contributed by atoms with Crippen molar-refractivity contribution < 1.29 is 9.47 Å². The first-order valence-electron chi connectivity index (χ1n) is 3.79. The van der Waals surface area contributed by atoms with Gasteiger partial charge in [-0.1, -0.05) is 0 Å². The Morgan fingerprint density at radius 2 is 1.80 bits per heavy atom. The molecule has 0 aromatic rings. The Kier molecular flexibility index (Phi) is 1.44. The molecule has 0 radical (unpaired) electrons. The molecule has 0 aliphatic carbocycles. The van der Waals surface area contributed by atoms with E-state index in [-0.39, 0.29) is 5.79 Å². The van der Waals surface area contributed by atoms with Gasteiger partial charge < -0.3 is 9.47 Å². The van der Waals surface area contributed by atoms with Crippen LogP contribution in [0.2, 0.25) is 0 Å². The van der Waals surface area contributed by atoms with E-state index in [0.717, 1.165) is 32.8 Å². The second-order valence-electron chi connectivity index (χ2n) is 3.11. The maximum atomic E-state index is 5.47. The molecule has 2 rings (SSSR count). The van der Waals surface area contributed by atoms with E-state index in [9.17, 15) is 0 Å². The number of nitrogens with zero attached hydrogens (tertiary/aromatic N) is 1. The van der Waals surface area contributed by atoms with Crippen LogP contribution in [0.1, 0.15) is 6.92 Å². The summed E-state index contributed by atoms with van der Waals surface area (Å²) in [5.74, 6) is -0.295. The van der Waals surface area contributed by atoms with E-state index < -0.39 is 0 Å². The van der Waals surface area contributed by atoms with Crippen molar-refractivity contribution in [2.75, 3.05) is 32.8 Å². The van der Waals surface area contributed by atoms with Crippen LogP contribution in [0, 0.1) is 0 Å². The molecule has 2 saturated heterocycles. The zero-order chi connectivity index (χ0) is 7.03. The molecule has 58 valence electrons. The Labute approximate surface area is 60.9 Å². The monoisotopic (exact) mass is 143 g/mol. The third kappa shape index (κ3) is 1.05. The fourth-order valence-electron chi connectivity index (χ4n) is 1.59. The van der Waals surface area contributed by atoms with Gasteiger partial charge in [0.1, 0.15) is 0 Å². The summed E-state index contributed by atoms with van der Waals surface area (Å²) in [5, 5.41) is 0. The van der Waals surface area contributed by atoms with E-state index in [4.69, 9.17) is 9.47 Å². The third-order valence-electron chi connectivity index (χ3n) is 2.14. The molecule has 0 unspecified atom stereocenters. The van der Waals surface area contributed by atoms with E-state index in [2.05, 4.69) is 4.90 Å². The minimum Gasteiger partial charge on any atom is -0.348 e. The van der Waals surface area contributed by atoms with Crippen molar-refractivity contribution in [1.29, 1.82) is 0 Å². The quantitative estimate of drug-likeness (QED) is 0.479. The highest BCUT2D eigenvalue weighted by atomic mass is 16.7. The van der Waals surface area contributed by atoms with Crippen LogP contribution in [0.4, 0.5) is 0 Å². The lowest BCUT2D eigenvalue weighted by molar-refractivity contribution is -0.281. The van der Waals surface area contributed by atoms with Crippen LogP contribution in [-0.4, -0.2) is 43.5 Å². The molecule has 0 N–H and O–H groups in total. The van der Waals surface area contributed by atoms with Crippen molar-refractivity contribution in [2.45, 2.75) is 12.7 Å². The third-order valence-corrected chi connectivity index (χ3v) is 2.14. The average Bonchev–Trinajstić information content (AvgIpc) is 1.86. The normalized spacial score (nSPS) is 47.1. The predicted molar refractivity (Wildman–Crippen MR) is 36.7 cm³/mol. The maximum absolute atomic E-state index is 5.47. The molecule has 0 atom stereocenters. The Morgan fingerprint density at radius 3 is 2.20 bits per heavy atom. The molecule has 2 aliphatic rings. The van der Waals surface area contributed by atoms with Crippen molar-refractivity contribution >= 4 is 0 Å². The summed E-state index contributed by atoms with van der Waals surface area (Å²) in [6.07, 6.45) is 0. The highest BCUT2D eigenvalue weighted by molar-refractivity contribution is 4.79. The lowest BCUT2D eigenvalue weighted by Crippen LogP contribution is -2.56. The van der Waals surface area contributed by atoms with Gasteiger partial charge >= 0.3 is 0 Å². The van der Waals surface area contributed by atoms with E-state index in [0.29, 0.717) is 0 Å². The van der Waals surface area contributed by atoms with E-state index >= 15 is 0 Å². The highest BCUT2D eigenvalue weighted by Gasteiger charge is 2.35. The first kappa shape index (κ1) is 6.58. The molecule has 3 nitrogen and oxygen atoms in total. The fourth-order valence-corrected chi connectivity index (χ4v) is 1.59.